The number of ether oxygens (including phenoxy) is 1. The van der Waals surface area contributed by atoms with Gasteiger partial charge in [0.1, 0.15) is 5.75 Å². The van der Waals surface area contributed by atoms with Gasteiger partial charge in [0, 0.05) is 17.6 Å². The highest BCUT2D eigenvalue weighted by atomic mass is 16.5. The van der Waals surface area contributed by atoms with Gasteiger partial charge < -0.3 is 10.1 Å². The number of hydrogen-bond acceptors (Lipinski definition) is 2. The van der Waals surface area contributed by atoms with Crippen LogP contribution in [0.4, 0.5) is 0 Å². The van der Waals surface area contributed by atoms with Crippen molar-refractivity contribution in [2.24, 2.45) is 0 Å². The maximum Gasteiger partial charge on any atom is 0.124 e. The molecule has 0 aliphatic heterocycles. The van der Waals surface area contributed by atoms with Gasteiger partial charge in [-0.25, -0.2) is 0 Å². The molecule has 1 fully saturated rings. The van der Waals surface area contributed by atoms with Gasteiger partial charge in [-0.3, -0.25) is 0 Å². The lowest BCUT2D eigenvalue weighted by Gasteiger charge is -2.26. The molecule has 1 aliphatic rings. The Bertz CT molecular complexity index is 380. The van der Waals surface area contributed by atoms with Crippen LogP contribution >= 0.6 is 0 Å². The molecule has 0 atom stereocenters. The monoisotopic (exact) mass is 247 g/mol. The summed E-state index contributed by atoms with van der Waals surface area (Å²) in [5.41, 5.74) is 1.59. The predicted molar refractivity (Wildman–Crippen MR) is 75.9 cm³/mol. The van der Waals surface area contributed by atoms with Crippen molar-refractivity contribution in [1.82, 2.24) is 5.32 Å². The van der Waals surface area contributed by atoms with E-state index in [1.54, 1.807) is 0 Å². The fraction of sp³-hybridized carbons (Fsp3) is 0.625. The lowest BCUT2D eigenvalue weighted by Crippen LogP contribution is -2.38. The second-order valence-electron chi connectivity index (χ2n) is 5.90. The summed E-state index contributed by atoms with van der Waals surface area (Å²) < 4.78 is 5.85. The van der Waals surface area contributed by atoms with Gasteiger partial charge in [-0.05, 0) is 39.7 Å². The molecule has 0 aromatic heterocycles. The van der Waals surface area contributed by atoms with Gasteiger partial charge in [-0.15, -0.1) is 0 Å². The van der Waals surface area contributed by atoms with Crippen LogP contribution < -0.4 is 10.1 Å². The van der Waals surface area contributed by atoms with E-state index in [1.807, 2.05) is 6.07 Å². The molecular weight excluding hydrogens is 222 g/mol. The zero-order valence-corrected chi connectivity index (χ0v) is 11.8. The van der Waals surface area contributed by atoms with Gasteiger partial charge in [-0.2, -0.15) is 0 Å². The molecule has 0 radical (unpaired) electrons. The maximum atomic E-state index is 5.85. The molecule has 1 aromatic rings. The summed E-state index contributed by atoms with van der Waals surface area (Å²) in [4.78, 5) is 0. The van der Waals surface area contributed by atoms with E-state index < -0.39 is 0 Å². The van der Waals surface area contributed by atoms with Gasteiger partial charge in [0.05, 0.1) is 6.10 Å². The molecule has 1 aromatic carbocycles. The third-order valence-corrected chi connectivity index (χ3v) is 3.75. The Morgan fingerprint density at radius 3 is 2.56 bits per heavy atom. The van der Waals surface area contributed by atoms with E-state index in [9.17, 15) is 0 Å². The van der Waals surface area contributed by atoms with Crippen molar-refractivity contribution < 1.29 is 4.74 Å². The zero-order valence-electron chi connectivity index (χ0n) is 11.8. The fourth-order valence-corrected chi connectivity index (χ4v) is 2.66. The Morgan fingerprint density at radius 1 is 1.22 bits per heavy atom. The summed E-state index contributed by atoms with van der Waals surface area (Å²) >= 11 is 0. The van der Waals surface area contributed by atoms with E-state index in [1.165, 1.54) is 31.2 Å². The maximum absolute atomic E-state index is 5.85. The number of nitrogens with one attached hydrogen (secondary N) is 1. The smallest absolute Gasteiger partial charge is 0.124 e. The Hall–Kier alpha value is -1.02. The molecule has 0 bridgehead atoms. The SMILES string of the molecule is CC(C)Oc1ccccc1CNC1(C)CCCC1. The molecule has 2 rings (SSSR count). The van der Waals surface area contributed by atoms with Gasteiger partial charge in [0.25, 0.3) is 0 Å². The summed E-state index contributed by atoms with van der Waals surface area (Å²) in [6.45, 7) is 7.39. The fourth-order valence-electron chi connectivity index (χ4n) is 2.66. The molecule has 0 heterocycles. The minimum Gasteiger partial charge on any atom is -0.491 e. The van der Waals surface area contributed by atoms with Crippen LogP contribution in [0.3, 0.4) is 0 Å². The quantitative estimate of drug-likeness (QED) is 0.852. The minimum atomic E-state index is 0.230. The lowest BCUT2D eigenvalue weighted by molar-refractivity contribution is 0.238. The van der Waals surface area contributed by atoms with Crippen LogP contribution in [0.15, 0.2) is 24.3 Å². The van der Waals surface area contributed by atoms with Crippen LogP contribution in [0.5, 0.6) is 5.75 Å². The summed E-state index contributed by atoms with van der Waals surface area (Å²) in [6, 6.07) is 8.34. The number of para-hydroxylation sites is 1. The largest absolute Gasteiger partial charge is 0.491 e. The van der Waals surface area contributed by atoms with Crippen LogP contribution in [0.2, 0.25) is 0 Å². The van der Waals surface area contributed by atoms with Crippen LogP contribution in [0, 0.1) is 0 Å². The molecule has 100 valence electrons. The van der Waals surface area contributed by atoms with Crippen LogP contribution in [-0.2, 0) is 6.54 Å². The van der Waals surface area contributed by atoms with E-state index in [0.29, 0.717) is 5.54 Å². The van der Waals surface area contributed by atoms with Crippen molar-refractivity contribution in [3.8, 4) is 5.75 Å². The zero-order chi connectivity index (χ0) is 13.0. The highest BCUT2D eigenvalue weighted by Gasteiger charge is 2.27. The van der Waals surface area contributed by atoms with Gasteiger partial charge >= 0.3 is 0 Å². The van der Waals surface area contributed by atoms with Gasteiger partial charge in [-0.1, -0.05) is 31.0 Å². The van der Waals surface area contributed by atoms with Gasteiger partial charge in [0.15, 0.2) is 0 Å². The van der Waals surface area contributed by atoms with Crippen molar-refractivity contribution >= 4 is 0 Å². The van der Waals surface area contributed by atoms with E-state index in [4.69, 9.17) is 4.74 Å². The van der Waals surface area contributed by atoms with E-state index in [2.05, 4.69) is 44.3 Å². The first-order valence-electron chi connectivity index (χ1n) is 7.09. The second-order valence-corrected chi connectivity index (χ2v) is 5.90. The highest BCUT2D eigenvalue weighted by Crippen LogP contribution is 2.30. The summed E-state index contributed by atoms with van der Waals surface area (Å²) in [5, 5.41) is 3.71. The van der Waals surface area contributed by atoms with E-state index >= 15 is 0 Å². The molecule has 1 saturated carbocycles. The minimum absolute atomic E-state index is 0.230. The normalized spacial score (nSPS) is 18.2. The number of benzene rings is 1. The van der Waals surface area contributed by atoms with Gasteiger partial charge in [0.2, 0.25) is 0 Å². The Morgan fingerprint density at radius 2 is 1.89 bits per heavy atom. The van der Waals surface area contributed by atoms with E-state index in [-0.39, 0.29) is 6.10 Å². The average Bonchev–Trinajstić information content (AvgIpc) is 2.75. The van der Waals surface area contributed by atoms with Crippen molar-refractivity contribution in [1.29, 1.82) is 0 Å². The molecule has 1 N–H and O–H groups in total. The standard InChI is InChI=1S/C16H25NO/c1-13(2)18-15-9-5-4-8-14(15)12-17-16(3)10-6-7-11-16/h4-5,8-9,13,17H,6-7,10-12H2,1-3H3. The third-order valence-electron chi connectivity index (χ3n) is 3.75. The Balaban J connectivity index is 2.00. The molecule has 2 heteroatoms. The third kappa shape index (κ3) is 3.49. The number of rotatable bonds is 5. The molecule has 0 amide bonds. The van der Waals surface area contributed by atoms with E-state index in [0.717, 1.165) is 12.3 Å². The predicted octanol–water partition coefficient (Wildman–Crippen LogP) is 3.90. The van der Waals surface area contributed by atoms with Crippen LogP contribution in [0.1, 0.15) is 52.0 Å². The summed E-state index contributed by atoms with van der Waals surface area (Å²) in [6.07, 6.45) is 5.52. The molecule has 0 spiro atoms. The first-order chi connectivity index (χ1) is 8.59. The first-order valence-corrected chi connectivity index (χ1v) is 7.09. The van der Waals surface area contributed by atoms with Crippen LogP contribution in [0.25, 0.3) is 0 Å². The summed E-state index contributed by atoms with van der Waals surface area (Å²) in [5.74, 6) is 1.02. The highest BCUT2D eigenvalue weighted by molar-refractivity contribution is 5.33. The number of hydrogen-bond donors (Lipinski definition) is 1. The van der Waals surface area contributed by atoms with Crippen molar-refractivity contribution in [2.75, 3.05) is 0 Å². The van der Waals surface area contributed by atoms with Crippen molar-refractivity contribution in [2.45, 2.75) is 64.6 Å². The average molecular weight is 247 g/mol. The lowest BCUT2D eigenvalue weighted by atomic mass is 10.0. The molecular formula is C16H25NO. The molecule has 0 saturated heterocycles. The molecule has 2 nitrogen and oxygen atoms in total. The molecule has 1 aliphatic carbocycles. The van der Waals surface area contributed by atoms with Crippen molar-refractivity contribution in [3.05, 3.63) is 29.8 Å². The van der Waals surface area contributed by atoms with Crippen LogP contribution in [-0.4, -0.2) is 11.6 Å². The second kappa shape index (κ2) is 5.75. The Kier molecular flexibility index (Phi) is 4.28. The molecule has 0 unspecified atom stereocenters. The first kappa shape index (κ1) is 13.4. The summed E-state index contributed by atoms with van der Waals surface area (Å²) in [7, 11) is 0. The molecule has 18 heavy (non-hydrogen) atoms. The topological polar surface area (TPSA) is 21.3 Å². The van der Waals surface area contributed by atoms with Crippen molar-refractivity contribution in [3.63, 3.8) is 0 Å². The Labute approximate surface area is 111 Å².